The van der Waals surface area contributed by atoms with Crippen molar-refractivity contribution in [1.29, 1.82) is 0 Å². The second-order valence-corrected chi connectivity index (χ2v) is 6.01. The first-order valence-electron chi connectivity index (χ1n) is 8.68. The van der Waals surface area contributed by atoms with Crippen LogP contribution in [0.1, 0.15) is 23.7 Å². The van der Waals surface area contributed by atoms with Gasteiger partial charge in [-0.05, 0) is 30.7 Å². The summed E-state index contributed by atoms with van der Waals surface area (Å²) in [5.41, 5.74) is 1.57. The van der Waals surface area contributed by atoms with E-state index in [4.69, 9.17) is 14.2 Å². The Kier molecular flexibility index (Phi) is 5.49. The molecule has 3 rings (SSSR count). The van der Waals surface area contributed by atoms with Gasteiger partial charge >= 0.3 is 0 Å². The number of ether oxygens (including phenoxy) is 3. The number of hydrogen-bond acceptors (Lipinski definition) is 5. The van der Waals surface area contributed by atoms with Crippen LogP contribution in [0.15, 0.2) is 36.4 Å². The standard InChI is InChI=1S/C20H22N2O5/c1-4-10-22-14-9-8-13(11-17(14)27-12-18(22)23)21-20(24)19-15(25-2)6-5-7-16(19)26-3/h5-9,11H,4,10,12H2,1-3H3,(H,21,24). The highest BCUT2D eigenvalue weighted by Gasteiger charge is 2.25. The number of amides is 2. The Morgan fingerprint density at radius 3 is 2.52 bits per heavy atom. The van der Waals surface area contributed by atoms with Gasteiger partial charge in [0.25, 0.3) is 11.8 Å². The zero-order valence-corrected chi connectivity index (χ0v) is 15.6. The van der Waals surface area contributed by atoms with Crippen molar-refractivity contribution in [1.82, 2.24) is 0 Å². The molecule has 1 aliphatic heterocycles. The minimum atomic E-state index is -0.360. The molecule has 27 heavy (non-hydrogen) atoms. The van der Waals surface area contributed by atoms with Crippen LogP contribution in [0.25, 0.3) is 0 Å². The van der Waals surface area contributed by atoms with Gasteiger partial charge in [-0.1, -0.05) is 13.0 Å². The summed E-state index contributed by atoms with van der Waals surface area (Å²) in [5, 5.41) is 2.83. The number of fused-ring (bicyclic) bond motifs is 1. The molecule has 0 unspecified atom stereocenters. The Morgan fingerprint density at radius 2 is 1.89 bits per heavy atom. The summed E-state index contributed by atoms with van der Waals surface area (Å²) in [6.45, 7) is 2.63. The molecule has 7 nitrogen and oxygen atoms in total. The van der Waals surface area contributed by atoms with E-state index in [0.29, 0.717) is 40.7 Å². The van der Waals surface area contributed by atoms with Crippen LogP contribution in [0.4, 0.5) is 11.4 Å². The van der Waals surface area contributed by atoms with Gasteiger partial charge in [-0.15, -0.1) is 0 Å². The van der Waals surface area contributed by atoms with Crippen LogP contribution in [0.5, 0.6) is 17.2 Å². The van der Waals surface area contributed by atoms with E-state index in [1.165, 1.54) is 14.2 Å². The van der Waals surface area contributed by atoms with Crippen LogP contribution in [-0.2, 0) is 4.79 Å². The Hall–Kier alpha value is -3.22. The van der Waals surface area contributed by atoms with Crippen LogP contribution in [0.3, 0.4) is 0 Å². The summed E-state index contributed by atoms with van der Waals surface area (Å²) < 4.78 is 16.1. The van der Waals surface area contributed by atoms with Crippen LogP contribution < -0.4 is 24.4 Å². The van der Waals surface area contributed by atoms with Gasteiger partial charge in [0, 0.05) is 18.3 Å². The summed E-state index contributed by atoms with van der Waals surface area (Å²) in [7, 11) is 3.00. The van der Waals surface area contributed by atoms with Gasteiger partial charge < -0.3 is 24.4 Å². The van der Waals surface area contributed by atoms with E-state index in [0.717, 1.165) is 6.42 Å². The Bertz CT molecular complexity index is 843. The zero-order chi connectivity index (χ0) is 19.4. The van der Waals surface area contributed by atoms with E-state index in [-0.39, 0.29) is 18.4 Å². The Balaban J connectivity index is 1.88. The third-order valence-electron chi connectivity index (χ3n) is 4.26. The Morgan fingerprint density at radius 1 is 1.19 bits per heavy atom. The summed E-state index contributed by atoms with van der Waals surface area (Å²) in [5.74, 6) is 0.968. The van der Waals surface area contributed by atoms with Crippen LogP contribution in [0.2, 0.25) is 0 Å². The average molecular weight is 370 g/mol. The quantitative estimate of drug-likeness (QED) is 0.846. The molecular weight excluding hydrogens is 348 g/mol. The molecule has 0 saturated heterocycles. The first-order valence-corrected chi connectivity index (χ1v) is 8.68. The zero-order valence-electron chi connectivity index (χ0n) is 15.6. The maximum absolute atomic E-state index is 12.8. The lowest BCUT2D eigenvalue weighted by Crippen LogP contribution is -2.39. The average Bonchev–Trinajstić information content (AvgIpc) is 2.69. The lowest BCUT2D eigenvalue weighted by molar-refractivity contribution is -0.121. The van der Waals surface area contributed by atoms with Crippen molar-refractivity contribution in [2.45, 2.75) is 13.3 Å². The number of carbonyl (C=O) groups is 2. The van der Waals surface area contributed by atoms with E-state index in [1.54, 1.807) is 41.3 Å². The van der Waals surface area contributed by atoms with Gasteiger partial charge in [0.05, 0.1) is 19.9 Å². The molecule has 0 fully saturated rings. The van der Waals surface area contributed by atoms with Crippen molar-refractivity contribution in [3.05, 3.63) is 42.0 Å². The number of methoxy groups -OCH3 is 2. The molecule has 1 aliphatic rings. The molecule has 2 aromatic carbocycles. The van der Waals surface area contributed by atoms with Gasteiger partial charge in [-0.25, -0.2) is 0 Å². The van der Waals surface area contributed by atoms with Gasteiger partial charge in [0.15, 0.2) is 6.61 Å². The summed E-state index contributed by atoms with van der Waals surface area (Å²) in [4.78, 5) is 26.5. The molecule has 0 saturated carbocycles. The van der Waals surface area contributed by atoms with E-state index >= 15 is 0 Å². The Labute approximate surface area is 157 Å². The van der Waals surface area contributed by atoms with Gasteiger partial charge in [0.1, 0.15) is 22.8 Å². The van der Waals surface area contributed by atoms with Gasteiger partial charge in [-0.3, -0.25) is 9.59 Å². The van der Waals surface area contributed by atoms with E-state index in [9.17, 15) is 9.59 Å². The maximum atomic E-state index is 12.8. The molecule has 2 aromatic rings. The number of carbonyl (C=O) groups excluding carboxylic acids is 2. The van der Waals surface area contributed by atoms with E-state index in [2.05, 4.69) is 5.32 Å². The van der Waals surface area contributed by atoms with Crippen molar-refractivity contribution in [2.24, 2.45) is 0 Å². The van der Waals surface area contributed by atoms with Crippen molar-refractivity contribution in [3.63, 3.8) is 0 Å². The number of rotatable bonds is 6. The van der Waals surface area contributed by atoms with Crippen molar-refractivity contribution in [3.8, 4) is 17.2 Å². The number of benzene rings is 2. The number of anilines is 2. The topological polar surface area (TPSA) is 77.1 Å². The predicted octanol–water partition coefficient (Wildman–Crippen LogP) is 3.09. The predicted molar refractivity (Wildman–Crippen MR) is 102 cm³/mol. The molecule has 0 atom stereocenters. The smallest absolute Gasteiger partial charge is 0.265 e. The molecule has 0 bridgehead atoms. The number of hydrogen-bond donors (Lipinski definition) is 1. The lowest BCUT2D eigenvalue weighted by atomic mass is 10.1. The van der Waals surface area contributed by atoms with Crippen molar-refractivity contribution in [2.75, 3.05) is 37.6 Å². The monoisotopic (exact) mass is 370 g/mol. The number of nitrogens with one attached hydrogen (secondary N) is 1. The van der Waals surface area contributed by atoms with Gasteiger partial charge in [0.2, 0.25) is 0 Å². The fourth-order valence-electron chi connectivity index (χ4n) is 3.02. The summed E-state index contributed by atoms with van der Waals surface area (Å²) in [6, 6.07) is 10.4. The third-order valence-corrected chi connectivity index (χ3v) is 4.26. The number of nitrogens with zero attached hydrogens (tertiary/aromatic N) is 1. The molecule has 0 spiro atoms. The highest BCUT2D eigenvalue weighted by molar-refractivity contribution is 6.08. The first-order chi connectivity index (χ1) is 13.1. The normalized spacial score (nSPS) is 12.9. The maximum Gasteiger partial charge on any atom is 0.265 e. The summed E-state index contributed by atoms with van der Waals surface area (Å²) in [6.07, 6.45) is 0.845. The molecule has 0 aliphatic carbocycles. The van der Waals surface area contributed by atoms with Crippen molar-refractivity contribution >= 4 is 23.2 Å². The second-order valence-electron chi connectivity index (χ2n) is 6.01. The SMILES string of the molecule is CCCN1C(=O)COc2cc(NC(=O)c3c(OC)cccc3OC)ccc21. The lowest BCUT2D eigenvalue weighted by Gasteiger charge is -2.29. The molecule has 7 heteroatoms. The molecule has 0 radical (unpaired) electrons. The van der Waals surface area contributed by atoms with Crippen LogP contribution in [-0.4, -0.2) is 39.2 Å². The highest BCUT2D eigenvalue weighted by atomic mass is 16.5. The molecule has 2 amide bonds. The third kappa shape index (κ3) is 3.67. The van der Waals surface area contributed by atoms with Gasteiger partial charge in [-0.2, -0.15) is 0 Å². The molecule has 1 N–H and O–H groups in total. The van der Waals surface area contributed by atoms with Crippen molar-refractivity contribution < 1.29 is 23.8 Å². The highest BCUT2D eigenvalue weighted by Crippen LogP contribution is 2.35. The summed E-state index contributed by atoms with van der Waals surface area (Å²) >= 11 is 0. The van der Waals surface area contributed by atoms with E-state index in [1.807, 2.05) is 6.92 Å². The minimum Gasteiger partial charge on any atom is -0.496 e. The van der Waals surface area contributed by atoms with Crippen LogP contribution >= 0.6 is 0 Å². The molecule has 0 aromatic heterocycles. The second kappa shape index (κ2) is 7.99. The molecular formula is C20H22N2O5. The van der Waals surface area contributed by atoms with E-state index < -0.39 is 0 Å². The molecule has 1 heterocycles. The molecule has 142 valence electrons. The largest absolute Gasteiger partial charge is 0.496 e. The minimum absolute atomic E-state index is 0.00920. The van der Waals surface area contributed by atoms with Crippen LogP contribution in [0, 0.1) is 0 Å². The fourth-order valence-corrected chi connectivity index (χ4v) is 3.02. The first kappa shape index (κ1) is 18.6. The fraction of sp³-hybridized carbons (Fsp3) is 0.300.